The number of hydrogen-bond acceptors (Lipinski definition) is 2. The molecule has 1 aromatic heterocycles. The van der Waals surface area contributed by atoms with Crippen LogP contribution in [0.25, 0.3) is 0 Å². The Hall–Kier alpha value is -1.87. The van der Waals surface area contributed by atoms with E-state index in [1.807, 2.05) is 23.1 Å². The van der Waals surface area contributed by atoms with E-state index >= 15 is 0 Å². The van der Waals surface area contributed by atoms with Gasteiger partial charge in [0.15, 0.2) is 0 Å². The van der Waals surface area contributed by atoms with Crippen LogP contribution in [0, 0.1) is 0 Å². The second kappa shape index (κ2) is 5.63. The van der Waals surface area contributed by atoms with Gasteiger partial charge >= 0.3 is 0 Å². The van der Waals surface area contributed by atoms with Gasteiger partial charge in [-0.2, -0.15) is 0 Å². The predicted molar refractivity (Wildman–Crippen MR) is 80.3 cm³/mol. The molecule has 20 heavy (non-hydrogen) atoms. The van der Waals surface area contributed by atoms with Crippen LogP contribution >= 0.6 is 11.6 Å². The molecule has 0 unspecified atom stereocenters. The van der Waals surface area contributed by atoms with Crippen molar-refractivity contribution in [2.45, 2.75) is 19.3 Å². The summed E-state index contributed by atoms with van der Waals surface area (Å²) in [5.41, 5.74) is 2.83. The van der Waals surface area contributed by atoms with Crippen molar-refractivity contribution in [1.29, 1.82) is 0 Å². The molecular weight excluding hydrogens is 272 g/mol. The molecular formula is C16H15ClN2O. The van der Waals surface area contributed by atoms with Gasteiger partial charge in [0, 0.05) is 18.4 Å². The van der Waals surface area contributed by atoms with E-state index in [1.165, 1.54) is 11.8 Å². The number of para-hydroxylation sites is 1. The number of aryl methyl sites for hydroxylation is 1. The Labute approximate surface area is 123 Å². The number of amides is 1. The normalized spacial score (nSPS) is 14.6. The number of carbonyl (C=O) groups excluding carboxylic acids is 1. The standard InChI is InChI=1S/C16H15ClN2O/c17-15-9-8-13(11-18-15)16(20)19-10-4-3-6-12-5-1-2-7-14(12)19/h1-2,5,7-9,11H,3-4,6,10H2. The Morgan fingerprint density at radius 2 is 2.00 bits per heavy atom. The first-order valence-electron chi connectivity index (χ1n) is 6.77. The first-order valence-corrected chi connectivity index (χ1v) is 7.15. The number of carbonyl (C=O) groups is 1. The fraction of sp³-hybridized carbons (Fsp3) is 0.250. The molecule has 0 saturated heterocycles. The zero-order valence-corrected chi connectivity index (χ0v) is 11.8. The van der Waals surface area contributed by atoms with Gasteiger partial charge in [-0.3, -0.25) is 4.79 Å². The van der Waals surface area contributed by atoms with Gasteiger partial charge in [-0.1, -0.05) is 29.8 Å². The average Bonchev–Trinajstić information content (AvgIpc) is 2.69. The summed E-state index contributed by atoms with van der Waals surface area (Å²) in [6.45, 7) is 0.748. The van der Waals surface area contributed by atoms with Crippen molar-refractivity contribution < 1.29 is 4.79 Å². The lowest BCUT2D eigenvalue weighted by atomic mass is 10.1. The van der Waals surface area contributed by atoms with Crippen LogP contribution in [0.15, 0.2) is 42.6 Å². The van der Waals surface area contributed by atoms with Gasteiger partial charge in [-0.15, -0.1) is 0 Å². The first kappa shape index (κ1) is 13.1. The van der Waals surface area contributed by atoms with Crippen LogP contribution in [0.4, 0.5) is 5.69 Å². The van der Waals surface area contributed by atoms with E-state index in [9.17, 15) is 4.79 Å². The highest BCUT2D eigenvalue weighted by Gasteiger charge is 2.22. The molecule has 0 saturated carbocycles. The molecule has 1 aliphatic rings. The topological polar surface area (TPSA) is 33.2 Å². The molecule has 4 heteroatoms. The Bertz CT molecular complexity index is 625. The summed E-state index contributed by atoms with van der Waals surface area (Å²) >= 11 is 5.77. The number of rotatable bonds is 1. The average molecular weight is 287 g/mol. The highest BCUT2D eigenvalue weighted by Crippen LogP contribution is 2.27. The number of benzene rings is 1. The minimum atomic E-state index is -0.0106. The lowest BCUT2D eigenvalue weighted by Gasteiger charge is -2.22. The molecule has 0 aliphatic carbocycles. The fourth-order valence-electron chi connectivity index (χ4n) is 2.56. The molecule has 1 aromatic carbocycles. The Kier molecular flexibility index (Phi) is 3.70. The number of halogens is 1. The second-order valence-corrected chi connectivity index (χ2v) is 5.30. The minimum absolute atomic E-state index is 0.0106. The monoisotopic (exact) mass is 286 g/mol. The van der Waals surface area contributed by atoms with E-state index in [2.05, 4.69) is 11.1 Å². The quantitative estimate of drug-likeness (QED) is 0.749. The summed E-state index contributed by atoms with van der Waals surface area (Å²) < 4.78 is 0. The summed E-state index contributed by atoms with van der Waals surface area (Å²) in [6.07, 6.45) is 4.69. The maximum atomic E-state index is 12.7. The Morgan fingerprint density at radius 1 is 1.15 bits per heavy atom. The summed E-state index contributed by atoms with van der Waals surface area (Å²) in [5, 5.41) is 0.401. The van der Waals surface area contributed by atoms with E-state index in [-0.39, 0.29) is 5.91 Å². The number of fused-ring (bicyclic) bond motifs is 1. The molecule has 0 fully saturated rings. The zero-order valence-electron chi connectivity index (χ0n) is 11.1. The molecule has 1 aliphatic heterocycles. The molecule has 0 radical (unpaired) electrons. The molecule has 0 N–H and O–H groups in total. The smallest absolute Gasteiger partial charge is 0.259 e. The highest BCUT2D eigenvalue weighted by molar-refractivity contribution is 6.29. The van der Waals surface area contributed by atoms with Crippen molar-refractivity contribution in [1.82, 2.24) is 4.98 Å². The van der Waals surface area contributed by atoms with E-state index in [0.29, 0.717) is 10.7 Å². The van der Waals surface area contributed by atoms with Crippen LogP contribution in [0.5, 0.6) is 0 Å². The third-order valence-corrected chi connectivity index (χ3v) is 3.80. The van der Waals surface area contributed by atoms with Crippen molar-refractivity contribution in [2.75, 3.05) is 11.4 Å². The zero-order chi connectivity index (χ0) is 13.9. The summed E-state index contributed by atoms with van der Waals surface area (Å²) in [5.74, 6) is -0.0106. The largest absolute Gasteiger partial charge is 0.308 e. The maximum absolute atomic E-state index is 12.7. The van der Waals surface area contributed by atoms with Gasteiger partial charge in [0.25, 0.3) is 5.91 Å². The maximum Gasteiger partial charge on any atom is 0.259 e. The molecule has 102 valence electrons. The van der Waals surface area contributed by atoms with Crippen LogP contribution in [-0.2, 0) is 6.42 Å². The van der Waals surface area contributed by atoms with Gasteiger partial charge in [0.1, 0.15) is 5.15 Å². The van der Waals surface area contributed by atoms with Gasteiger partial charge in [-0.25, -0.2) is 4.98 Å². The Morgan fingerprint density at radius 3 is 2.80 bits per heavy atom. The third-order valence-electron chi connectivity index (χ3n) is 3.58. The molecule has 0 spiro atoms. The van der Waals surface area contributed by atoms with Crippen molar-refractivity contribution in [3.8, 4) is 0 Å². The van der Waals surface area contributed by atoms with Crippen LogP contribution in [-0.4, -0.2) is 17.4 Å². The van der Waals surface area contributed by atoms with E-state index < -0.39 is 0 Å². The number of nitrogens with zero attached hydrogens (tertiary/aromatic N) is 2. The number of anilines is 1. The summed E-state index contributed by atoms with van der Waals surface area (Å²) in [6, 6.07) is 11.5. The van der Waals surface area contributed by atoms with Crippen LogP contribution in [0.3, 0.4) is 0 Å². The highest BCUT2D eigenvalue weighted by atomic mass is 35.5. The second-order valence-electron chi connectivity index (χ2n) is 4.91. The van der Waals surface area contributed by atoms with E-state index in [1.54, 1.807) is 12.1 Å². The molecule has 1 amide bonds. The van der Waals surface area contributed by atoms with Crippen molar-refractivity contribution in [3.63, 3.8) is 0 Å². The SMILES string of the molecule is O=C(c1ccc(Cl)nc1)N1CCCCc2ccccc21. The predicted octanol–water partition coefficient (Wildman–Crippen LogP) is 3.72. The van der Waals surface area contributed by atoms with Crippen molar-refractivity contribution in [2.24, 2.45) is 0 Å². The first-order chi connectivity index (χ1) is 9.75. The van der Waals surface area contributed by atoms with Crippen LogP contribution < -0.4 is 4.90 Å². The number of pyridine rings is 1. The van der Waals surface area contributed by atoms with Gasteiger partial charge in [-0.05, 0) is 43.0 Å². The van der Waals surface area contributed by atoms with Crippen LogP contribution in [0.2, 0.25) is 5.15 Å². The minimum Gasteiger partial charge on any atom is -0.308 e. The Balaban J connectivity index is 1.97. The van der Waals surface area contributed by atoms with Crippen molar-refractivity contribution in [3.05, 3.63) is 58.9 Å². The molecule has 3 nitrogen and oxygen atoms in total. The van der Waals surface area contributed by atoms with Crippen LogP contribution in [0.1, 0.15) is 28.8 Å². The molecule has 0 bridgehead atoms. The molecule has 0 atom stereocenters. The molecule has 3 rings (SSSR count). The molecule has 2 heterocycles. The lowest BCUT2D eigenvalue weighted by Crippen LogP contribution is -2.31. The van der Waals surface area contributed by atoms with E-state index in [4.69, 9.17) is 11.6 Å². The fourth-order valence-corrected chi connectivity index (χ4v) is 2.67. The number of hydrogen-bond donors (Lipinski definition) is 0. The van der Waals surface area contributed by atoms with Crippen molar-refractivity contribution >= 4 is 23.2 Å². The molecule has 2 aromatic rings. The third kappa shape index (κ3) is 2.54. The van der Waals surface area contributed by atoms with Gasteiger partial charge in [0.05, 0.1) is 5.56 Å². The lowest BCUT2D eigenvalue weighted by molar-refractivity contribution is 0.0986. The summed E-state index contributed by atoms with van der Waals surface area (Å²) in [7, 11) is 0. The van der Waals surface area contributed by atoms with Gasteiger partial charge < -0.3 is 4.90 Å². The van der Waals surface area contributed by atoms with Gasteiger partial charge in [0.2, 0.25) is 0 Å². The number of aromatic nitrogens is 1. The van der Waals surface area contributed by atoms with E-state index in [0.717, 1.165) is 31.5 Å². The summed E-state index contributed by atoms with van der Waals surface area (Å²) in [4.78, 5) is 18.5.